The smallest absolute Gasteiger partial charge is 0.219 e. The second-order valence-corrected chi connectivity index (χ2v) is 5.25. The second-order valence-electron chi connectivity index (χ2n) is 3.96. The fourth-order valence-electron chi connectivity index (χ4n) is 1.56. The van der Waals surface area contributed by atoms with Crippen LogP contribution in [0.5, 0.6) is 11.6 Å². The van der Waals surface area contributed by atoms with Crippen molar-refractivity contribution in [2.75, 3.05) is 6.54 Å². The van der Waals surface area contributed by atoms with E-state index in [-0.39, 0.29) is 0 Å². The minimum Gasteiger partial charge on any atom is -0.438 e. The molecular weight excluding hydrogens is 328 g/mol. The van der Waals surface area contributed by atoms with Crippen molar-refractivity contribution in [3.63, 3.8) is 0 Å². The normalized spacial score (nSPS) is 10.5. The number of ether oxygens (including phenoxy) is 1. The molecule has 0 aliphatic heterocycles. The van der Waals surface area contributed by atoms with Crippen LogP contribution in [0.4, 0.5) is 0 Å². The number of hydrogen-bond acceptors (Lipinski definition) is 3. The molecule has 1 heterocycles. The van der Waals surface area contributed by atoms with Crippen LogP contribution in [0.1, 0.15) is 12.5 Å². The zero-order valence-corrected chi connectivity index (χ0v) is 12.8. The number of halogens is 2. The molecule has 0 saturated heterocycles. The van der Waals surface area contributed by atoms with Gasteiger partial charge in [-0.15, -0.1) is 0 Å². The van der Waals surface area contributed by atoms with E-state index >= 15 is 0 Å². The summed E-state index contributed by atoms with van der Waals surface area (Å²) in [5.41, 5.74) is 1.14. The molecule has 5 heteroatoms. The second kappa shape index (κ2) is 6.89. The van der Waals surface area contributed by atoms with Gasteiger partial charge in [-0.1, -0.05) is 18.5 Å². The van der Waals surface area contributed by atoms with Crippen molar-refractivity contribution in [1.29, 1.82) is 0 Å². The van der Waals surface area contributed by atoms with Gasteiger partial charge in [0.15, 0.2) is 0 Å². The third-order valence-electron chi connectivity index (χ3n) is 2.49. The third kappa shape index (κ3) is 4.20. The van der Waals surface area contributed by atoms with E-state index in [4.69, 9.17) is 16.3 Å². The summed E-state index contributed by atoms with van der Waals surface area (Å²) in [5.74, 6) is 1.26. The molecule has 0 aliphatic carbocycles. The van der Waals surface area contributed by atoms with Gasteiger partial charge < -0.3 is 10.1 Å². The molecule has 1 aromatic heterocycles. The van der Waals surface area contributed by atoms with Gasteiger partial charge in [-0.05, 0) is 52.3 Å². The molecule has 2 aromatic rings. The first-order chi connectivity index (χ1) is 9.19. The van der Waals surface area contributed by atoms with Gasteiger partial charge in [0.05, 0.1) is 4.47 Å². The summed E-state index contributed by atoms with van der Waals surface area (Å²) in [5, 5.41) is 3.92. The summed E-state index contributed by atoms with van der Waals surface area (Å²) in [4.78, 5) is 4.20. The SMILES string of the molecule is CCNCc1ccnc(Oc2ccc(Cl)cc2Br)c1. The zero-order valence-electron chi connectivity index (χ0n) is 10.5. The highest BCUT2D eigenvalue weighted by Gasteiger charge is 2.05. The molecule has 3 nitrogen and oxygen atoms in total. The third-order valence-corrected chi connectivity index (χ3v) is 3.34. The predicted molar refractivity (Wildman–Crippen MR) is 80.8 cm³/mol. The number of benzene rings is 1. The number of nitrogens with one attached hydrogen (secondary N) is 1. The van der Waals surface area contributed by atoms with Gasteiger partial charge in [0.1, 0.15) is 5.75 Å². The Morgan fingerprint density at radius 2 is 2.16 bits per heavy atom. The first kappa shape index (κ1) is 14.3. The standard InChI is InChI=1S/C14H14BrClN2O/c1-2-17-9-10-5-6-18-14(7-10)19-13-4-3-11(16)8-12(13)15/h3-8,17H,2,9H2,1H3. The van der Waals surface area contributed by atoms with Crippen LogP contribution in [0.2, 0.25) is 5.02 Å². The fraction of sp³-hybridized carbons (Fsp3) is 0.214. The summed E-state index contributed by atoms with van der Waals surface area (Å²) in [6.07, 6.45) is 1.74. The summed E-state index contributed by atoms with van der Waals surface area (Å²) in [6.45, 7) is 3.81. The molecule has 1 aromatic carbocycles. The Hall–Kier alpha value is -1.10. The van der Waals surface area contributed by atoms with Crippen molar-refractivity contribution < 1.29 is 4.74 Å². The number of aromatic nitrogens is 1. The maximum atomic E-state index is 5.89. The molecule has 0 unspecified atom stereocenters. The van der Waals surface area contributed by atoms with E-state index in [2.05, 4.69) is 33.2 Å². The average Bonchev–Trinajstić information content (AvgIpc) is 2.40. The summed E-state index contributed by atoms with van der Waals surface area (Å²) in [7, 11) is 0. The first-order valence-electron chi connectivity index (χ1n) is 5.97. The lowest BCUT2D eigenvalue weighted by molar-refractivity contribution is 0.459. The van der Waals surface area contributed by atoms with Crippen LogP contribution in [0.25, 0.3) is 0 Å². The summed E-state index contributed by atoms with van der Waals surface area (Å²) >= 11 is 9.31. The number of rotatable bonds is 5. The Morgan fingerprint density at radius 1 is 1.32 bits per heavy atom. The number of nitrogens with zero attached hydrogens (tertiary/aromatic N) is 1. The van der Waals surface area contributed by atoms with Crippen molar-refractivity contribution in [3.8, 4) is 11.6 Å². The number of pyridine rings is 1. The molecule has 0 atom stereocenters. The minimum absolute atomic E-state index is 0.568. The van der Waals surface area contributed by atoms with Crippen LogP contribution in [0, 0.1) is 0 Å². The van der Waals surface area contributed by atoms with E-state index in [9.17, 15) is 0 Å². The molecule has 0 bridgehead atoms. The molecule has 0 amide bonds. The number of hydrogen-bond donors (Lipinski definition) is 1. The Morgan fingerprint density at radius 3 is 2.89 bits per heavy atom. The highest BCUT2D eigenvalue weighted by Crippen LogP contribution is 2.31. The molecule has 0 aliphatic rings. The van der Waals surface area contributed by atoms with Gasteiger partial charge in [0.25, 0.3) is 0 Å². The lowest BCUT2D eigenvalue weighted by Crippen LogP contribution is -2.11. The van der Waals surface area contributed by atoms with Gasteiger partial charge in [0.2, 0.25) is 5.88 Å². The van der Waals surface area contributed by atoms with Crippen molar-refractivity contribution >= 4 is 27.5 Å². The van der Waals surface area contributed by atoms with Gasteiger partial charge in [-0.25, -0.2) is 4.98 Å². The topological polar surface area (TPSA) is 34.2 Å². The first-order valence-corrected chi connectivity index (χ1v) is 7.14. The van der Waals surface area contributed by atoms with Crippen LogP contribution in [0.15, 0.2) is 41.0 Å². The highest BCUT2D eigenvalue weighted by atomic mass is 79.9. The van der Waals surface area contributed by atoms with Crippen LogP contribution in [-0.2, 0) is 6.54 Å². The monoisotopic (exact) mass is 340 g/mol. The van der Waals surface area contributed by atoms with Gasteiger partial charge in [0, 0.05) is 23.8 Å². The maximum absolute atomic E-state index is 5.89. The molecular formula is C14H14BrClN2O. The minimum atomic E-state index is 0.568. The van der Waals surface area contributed by atoms with Gasteiger partial charge in [-0.2, -0.15) is 0 Å². The Bertz CT molecular complexity index is 563. The van der Waals surface area contributed by atoms with E-state index in [1.807, 2.05) is 18.2 Å². The van der Waals surface area contributed by atoms with Gasteiger partial charge >= 0.3 is 0 Å². The molecule has 0 radical (unpaired) electrons. The van der Waals surface area contributed by atoms with E-state index in [1.54, 1.807) is 18.3 Å². The van der Waals surface area contributed by atoms with Crippen LogP contribution in [-0.4, -0.2) is 11.5 Å². The lowest BCUT2D eigenvalue weighted by atomic mass is 10.2. The van der Waals surface area contributed by atoms with E-state index in [0.29, 0.717) is 16.7 Å². The molecule has 0 fully saturated rings. The fourth-order valence-corrected chi connectivity index (χ4v) is 2.32. The molecule has 1 N–H and O–H groups in total. The molecule has 0 saturated carbocycles. The predicted octanol–water partition coefficient (Wildman–Crippen LogP) is 4.40. The van der Waals surface area contributed by atoms with Crippen molar-refractivity contribution in [1.82, 2.24) is 10.3 Å². The molecule has 100 valence electrons. The van der Waals surface area contributed by atoms with Crippen molar-refractivity contribution in [2.24, 2.45) is 0 Å². The quantitative estimate of drug-likeness (QED) is 0.875. The van der Waals surface area contributed by atoms with Crippen molar-refractivity contribution in [2.45, 2.75) is 13.5 Å². The summed E-state index contributed by atoms with van der Waals surface area (Å²) < 4.78 is 6.54. The van der Waals surface area contributed by atoms with Gasteiger partial charge in [-0.3, -0.25) is 0 Å². The Balaban J connectivity index is 2.14. The lowest BCUT2D eigenvalue weighted by Gasteiger charge is -2.08. The average molecular weight is 342 g/mol. The highest BCUT2D eigenvalue weighted by molar-refractivity contribution is 9.10. The zero-order chi connectivity index (χ0) is 13.7. The summed E-state index contributed by atoms with van der Waals surface area (Å²) in [6, 6.07) is 9.27. The van der Waals surface area contributed by atoms with Crippen molar-refractivity contribution in [3.05, 3.63) is 51.6 Å². The maximum Gasteiger partial charge on any atom is 0.219 e. The van der Waals surface area contributed by atoms with Crippen LogP contribution < -0.4 is 10.1 Å². The Kier molecular flexibility index (Phi) is 5.19. The molecule has 2 rings (SSSR count). The van der Waals surface area contributed by atoms with E-state index < -0.39 is 0 Å². The van der Waals surface area contributed by atoms with E-state index in [0.717, 1.165) is 23.1 Å². The molecule has 19 heavy (non-hydrogen) atoms. The largest absolute Gasteiger partial charge is 0.438 e. The van der Waals surface area contributed by atoms with Crippen LogP contribution in [0.3, 0.4) is 0 Å². The Labute approximate surface area is 126 Å². The molecule has 0 spiro atoms. The van der Waals surface area contributed by atoms with E-state index in [1.165, 1.54) is 0 Å². The van der Waals surface area contributed by atoms with Crippen LogP contribution >= 0.6 is 27.5 Å².